The minimum absolute atomic E-state index is 0.0962. The van der Waals surface area contributed by atoms with Gasteiger partial charge in [-0.25, -0.2) is 0 Å². The van der Waals surface area contributed by atoms with Gasteiger partial charge in [0.05, 0.1) is 32.5 Å². The van der Waals surface area contributed by atoms with Gasteiger partial charge in [0, 0.05) is 0 Å². The van der Waals surface area contributed by atoms with Crippen LogP contribution in [0.15, 0.2) is 75.9 Å². The fourth-order valence-electron chi connectivity index (χ4n) is 15.5. The molecule has 6 saturated carbocycles. The highest BCUT2D eigenvalue weighted by Gasteiger charge is 2.60. The summed E-state index contributed by atoms with van der Waals surface area (Å²) >= 11 is 0. The number of carbonyl (C=O) groups is 6. The molecule has 0 amide bonds. The van der Waals surface area contributed by atoms with E-state index < -0.39 is 102 Å². The highest BCUT2D eigenvalue weighted by molar-refractivity contribution is 5.86. The third-order valence-electron chi connectivity index (χ3n) is 20.5. The molecule has 446 valence electrons. The third-order valence-corrected chi connectivity index (χ3v) is 20.5. The molecule has 6 aliphatic carbocycles. The van der Waals surface area contributed by atoms with E-state index in [2.05, 4.69) is 39.5 Å². The summed E-state index contributed by atoms with van der Waals surface area (Å²) in [6, 6.07) is 0. The van der Waals surface area contributed by atoms with Crippen molar-refractivity contribution in [2.45, 2.75) is 282 Å². The average Bonchev–Trinajstić information content (AvgIpc) is 4.33. The number of carbonyl (C=O) groups excluding carboxylic acids is 6. The second-order valence-electron chi connectivity index (χ2n) is 28.1. The normalized spacial score (nSPS) is 25.1. The van der Waals surface area contributed by atoms with E-state index in [0.717, 1.165) is 77.0 Å². The lowest BCUT2D eigenvalue weighted by atomic mass is 9.58. The second kappa shape index (κ2) is 24.6. The summed E-state index contributed by atoms with van der Waals surface area (Å²) in [6.45, 7) is 38.8. The van der Waals surface area contributed by atoms with Crippen LogP contribution in [0.4, 0.5) is 0 Å². The van der Waals surface area contributed by atoms with Gasteiger partial charge in [0.1, 0.15) is 33.6 Å². The van der Waals surface area contributed by atoms with Crippen molar-refractivity contribution in [3.05, 3.63) is 75.9 Å². The van der Waals surface area contributed by atoms with Crippen LogP contribution < -0.4 is 0 Å². The van der Waals surface area contributed by atoms with E-state index >= 15 is 19.2 Å². The molecule has 0 N–H and O–H groups in total. The standard InChI is InChI=1S/C68H102O12/c1-15-58(10,52(70)76-64(17-3)36-24-25-37-64)47-60(12,54(72)78-66(19-5)40-28-29-41-66)49-62(14,56(74)80-68(21-7)44-32-33-45-68)50-61(13,55(73)79-67(20-6)42-30-31-43-67)48-59(11,53(71)77-65(18-4)38-26-27-39-65)46-57(8,9)51(69)75-63(16-2)34-22-23-35-63/h16-21H,2-7,15,22-50H2,1,8-14H3. The smallest absolute Gasteiger partial charge is 0.312 e. The van der Waals surface area contributed by atoms with Gasteiger partial charge in [-0.1, -0.05) is 46.4 Å². The summed E-state index contributed by atoms with van der Waals surface area (Å²) in [6.07, 6.45) is 26.2. The Morgan fingerprint density at radius 3 is 0.650 bits per heavy atom. The monoisotopic (exact) mass is 1110 g/mol. The summed E-state index contributed by atoms with van der Waals surface area (Å²) < 4.78 is 39.6. The van der Waals surface area contributed by atoms with Gasteiger partial charge in [0.25, 0.3) is 0 Å². The Morgan fingerprint density at radius 1 is 0.300 bits per heavy atom. The van der Waals surface area contributed by atoms with Gasteiger partial charge in [-0.2, -0.15) is 0 Å². The van der Waals surface area contributed by atoms with E-state index in [0.29, 0.717) is 77.0 Å². The Balaban J connectivity index is 1.55. The molecule has 0 aromatic carbocycles. The van der Waals surface area contributed by atoms with E-state index in [1.807, 2.05) is 6.92 Å². The van der Waals surface area contributed by atoms with E-state index in [1.54, 1.807) is 84.9 Å². The number of ether oxygens (including phenoxy) is 6. The first-order valence-electron chi connectivity index (χ1n) is 30.7. The van der Waals surface area contributed by atoms with Crippen LogP contribution in [0.3, 0.4) is 0 Å². The van der Waals surface area contributed by atoms with Gasteiger partial charge < -0.3 is 28.4 Å². The van der Waals surface area contributed by atoms with Crippen molar-refractivity contribution in [1.82, 2.24) is 0 Å². The van der Waals surface area contributed by atoms with Gasteiger partial charge in [-0.3, -0.25) is 28.8 Å². The molecule has 6 fully saturated rings. The average molecular weight is 1110 g/mol. The molecule has 0 spiro atoms. The van der Waals surface area contributed by atoms with E-state index in [-0.39, 0.29) is 38.5 Å². The molecule has 80 heavy (non-hydrogen) atoms. The fourth-order valence-corrected chi connectivity index (χ4v) is 15.5. The first-order valence-corrected chi connectivity index (χ1v) is 30.7. The summed E-state index contributed by atoms with van der Waals surface area (Å²) in [5.74, 6) is -3.61. The van der Waals surface area contributed by atoms with Crippen molar-refractivity contribution in [2.75, 3.05) is 0 Å². The maximum absolute atomic E-state index is 16.1. The number of rotatable bonds is 29. The van der Waals surface area contributed by atoms with Crippen LogP contribution in [0.1, 0.15) is 248 Å². The molecular weight excluding hydrogens is 1010 g/mol. The van der Waals surface area contributed by atoms with Gasteiger partial charge >= 0.3 is 35.8 Å². The largest absolute Gasteiger partial charge is 0.454 e. The summed E-state index contributed by atoms with van der Waals surface area (Å²) in [7, 11) is 0. The molecule has 0 aliphatic heterocycles. The van der Waals surface area contributed by atoms with Crippen molar-refractivity contribution in [3.8, 4) is 0 Å². The molecule has 0 aromatic heterocycles. The molecule has 6 aliphatic rings. The molecule has 12 nitrogen and oxygen atoms in total. The van der Waals surface area contributed by atoms with Gasteiger partial charge in [0.2, 0.25) is 0 Å². The van der Waals surface area contributed by atoms with Gasteiger partial charge in [0.15, 0.2) is 0 Å². The van der Waals surface area contributed by atoms with Gasteiger partial charge in [-0.05, 0) is 278 Å². The maximum atomic E-state index is 16.1. The first-order chi connectivity index (χ1) is 37.5. The number of esters is 6. The predicted octanol–water partition coefficient (Wildman–Crippen LogP) is 15.7. The van der Waals surface area contributed by atoms with Crippen LogP contribution in [0.5, 0.6) is 0 Å². The second-order valence-corrected chi connectivity index (χ2v) is 28.1. The van der Waals surface area contributed by atoms with Crippen molar-refractivity contribution >= 4 is 35.8 Å². The van der Waals surface area contributed by atoms with Crippen molar-refractivity contribution in [1.29, 1.82) is 0 Å². The minimum Gasteiger partial charge on any atom is -0.454 e. The molecule has 6 rings (SSSR count). The highest BCUT2D eigenvalue weighted by atomic mass is 16.6. The number of hydrogen-bond acceptors (Lipinski definition) is 12. The predicted molar refractivity (Wildman–Crippen MR) is 313 cm³/mol. The van der Waals surface area contributed by atoms with E-state index in [1.165, 1.54) is 0 Å². The Labute approximate surface area is 481 Å². The molecule has 5 atom stereocenters. The fraction of sp³-hybridized carbons (Fsp3) is 0.735. The summed E-state index contributed by atoms with van der Waals surface area (Å²) in [5.41, 5.74) is -15.1. The lowest BCUT2D eigenvalue weighted by Gasteiger charge is -2.47. The Morgan fingerprint density at radius 2 is 0.463 bits per heavy atom. The molecule has 0 saturated heterocycles. The van der Waals surface area contributed by atoms with Crippen LogP contribution in [0, 0.1) is 32.5 Å². The number of hydrogen-bond donors (Lipinski definition) is 0. The molecule has 12 heteroatoms. The Bertz CT molecular complexity index is 2340. The lowest BCUT2D eigenvalue weighted by Crippen LogP contribution is -2.52. The molecule has 0 heterocycles. The zero-order chi connectivity index (χ0) is 59.2. The molecule has 0 radical (unpaired) electrons. The van der Waals surface area contributed by atoms with Crippen LogP contribution >= 0.6 is 0 Å². The summed E-state index contributed by atoms with van der Waals surface area (Å²) in [4.78, 5) is 93.1. The zero-order valence-electron chi connectivity index (χ0n) is 50.8. The van der Waals surface area contributed by atoms with E-state index in [4.69, 9.17) is 28.4 Å². The molecular formula is C68H102O12. The minimum atomic E-state index is -1.76. The Hall–Kier alpha value is -4.74. The quantitative estimate of drug-likeness (QED) is 0.0397. The molecule has 5 unspecified atom stereocenters. The topological polar surface area (TPSA) is 158 Å². The third kappa shape index (κ3) is 13.8. The van der Waals surface area contributed by atoms with Crippen LogP contribution in [0.2, 0.25) is 0 Å². The van der Waals surface area contributed by atoms with Gasteiger partial charge in [-0.15, -0.1) is 0 Å². The lowest BCUT2D eigenvalue weighted by molar-refractivity contribution is -0.187. The zero-order valence-corrected chi connectivity index (χ0v) is 50.8. The van der Waals surface area contributed by atoms with E-state index in [9.17, 15) is 9.59 Å². The maximum Gasteiger partial charge on any atom is 0.312 e. The highest BCUT2D eigenvalue weighted by Crippen LogP contribution is 2.57. The first kappa shape index (κ1) is 64.4. The van der Waals surface area contributed by atoms with Crippen LogP contribution in [0.25, 0.3) is 0 Å². The van der Waals surface area contributed by atoms with Crippen LogP contribution in [-0.2, 0) is 57.2 Å². The molecule has 0 aromatic rings. The Kier molecular flexibility index (Phi) is 19.8. The van der Waals surface area contributed by atoms with Crippen LogP contribution in [-0.4, -0.2) is 69.4 Å². The summed E-state index contributed by atoms with van der Waals surface area (Å²) in [5, 5.41) is 0. The SMILES string of the molecule is C=CC1(OC(=O)C(C)(C)CC(C)(CC(C)(CC(C)(CC(C)(CC(C)(CC)C(=O)OC2(C=C)CCCC2)C(=O)OC2(C=C)CCCC2)C(=O)OC2(C=C)CCCC2)C(=O)OC2(C=C)CCCC2)C(=O)OC2(C=C)CCCC2)CCCC1. The molecule has 0 bridgehead atoms. The van der Waals surface area contributed by atoms with Crippen molar-refractivity contribution in [2.24, 2.45) is 32.5 Å². The van der Waals surface area contributed by atoms with Crippen molar-refractivity contribution in [3.63, 3.8) is 0 Å². The van der Waals surface area contributed by atoms with Crippen molar-refractivity contribution < 1.29 is 57.2 Å².